The normalized spacial score (nSPS) is 14.0. The van der Waals surface area contributed by atoms with Crippen molar-refractivity contribution in [3.05, 3.63) is 53.6 Å². The van der Waals surface area contributed by atoms with Crippen molar-refractivity contribution in [1.82, 2.24) is 15.5 Å². The number of nitrogens with zero attached hydrogens (tertiary/aromatic N) is 1. The van der Waals surface area contributed by atoms with Crippen molar-refractivity contribution in [2.75, 3.05) is 46.4 Å². The van der Waals surface area contributed by atoms with Crippen LogP contribution in [0, 0.1) is 0 Å². The molecule has 0 atom stereocenters. The van der Waals surface area contributed by atoms with Crippen LogP contribution in [-0.2, 0) is 0 Å². The van der Waals surface area contributed by atoms with Gasteiger partial charge < -0.3 is 21.1 Å². The lowest BCUT2D eigenvalue weighted by Crippen LogP contribution is -2.46. The molecule has 2 amide bonds. The molecule has 8 heteroatoms. The van der Waals surface area contributed by atoms with Crippen LogP contribution >= 0.6 is 12.4 Å². The molecular weight excluding hydrogens is 392 g/mol. The molecule has 1 saturated heterocycles. The Labute approximate surface area is 177 Å². The predicted octanol–water partition coefficient (Wildman–Crippen LogP) is 1.52. The quantitative estimate of drug-likeness (QED) is 0.633. The molecule has 0 saturated carbocycles. The molecule has 1 fully saturated rings. The Kier molecular flexibility index (Phi) is 8.45. The molecule has 4 N–H and O–H groups in total. The van der Waals surface area contributed by atoms with Gasteiger partial charge in [0.15, 0.2) is 0 Å². The van der Waals surface area contributed by atoms with Crippen molar-refractivity contribution < 1.29 is 14.3 Å². The fraction of sp³-hybridized carbons (Fsp3) is 0.333. The minimum atomic E-state index is -0.542. The summed E-state index contributed by atoms with van der Waals surface area (Å²) in [5, 5.41) is 6.28. The summed E-state index contributed by atoms with van der Waals surface area (Å²) in [4.78, 5) is 26.3. The van der Waals surface area contributed by atoms with E-state index in [1.165, 1.54) is 7.11 Å². The number of halogens is 1. The molecule has 1 aliphatic rings. The highest BCUT2D eigenvalue weighted by Crippen LogP contribution is 2.26. The van der Waals surface area contributed by atoms with Gasteiger partial charge in [-0.1, -0.05) is 18.2 Å². The van der Waals surface area contributed by atoms with E-state index in [9.17, 15) is 9.59 Å². The molecule has 2 aromatic carbocycles. The molecule has 29 heavy (non-hydrogen) atoms. The van der Waals surface area contributed by atoms with Crippen molar-refractivity contribution in [1.29, 1.82) is 0 Å². The minimum Gasteiger partial charge on any atom is -0.496 e. The van der Waals surface area contributed by atoms with Crippen LogP contribution in [0.15, 0.2) is 42.5 Å². The third-order valence-corrected chi connectivity index (χ3v) is 4.87. The lowest BCUT2D eigenvalue weighted by Gasteiger charge is -2.27. The number of methoxy groups -OCH3 is 1. The van der Waals surface area contributed by atoms with Gasteiger partial charge in [-0.15, -0.1) is 12.4 Å². The first-order valence-electron chi connectivity index (χ1n) is 9.38. The number of nitrogens with two attached hydrogens (primary N) is 1. The van der Waals surface area contributed by atoms with Crippen molar-refractivity contribution in [2.24, 2.45) is 5.73 Å². The fourth-order valence-corrected chi connectivity index (χ4v) is 3.26. The van der Waals surface area contributed by atoms with Crippen LogP contribution in [0.1, 0.15) is 20.7 Å². The number of hydrogen-bond acceptors (Lipinski definition) is 5. The van der Waals surface area contributed by atoms with E-state index >= 15 is 0 Å². The Bertz CT molecular complexity index is 836. The summed E-state index contributed by atoms with van der Waals surface area (Å²) in [6.45, 7) is 5.50. The molecule has 1 aliphatic heterocycles. The third kappa shape index (κ3) is 5.93. The largest absolute Gasteiger partial charge is 0.496 e. The molecule has 0 bridgehead atoms. The summed E-state index contributed by atoms with van der Waals surface area (Å²) in [6, 6.07) is 12.5. The van der Waals surface area contributed by atoms with Crippen molar-refractivity contribution in [3.63, 3.8) is 0 Å². The van der Waals surface area contributed by atoms with Gasteiger partial charge >= 0.3 is 0 Å². The summed E-state index contributed by atoms with van der Waals surface area (Å²) in [5.41, 5.74) is 8.08. The van der Waals surface area contributed by atoms with Crippen LogP contribution in [0.4, 0.5) is 0 Å². The average molecular weight is 419 g/mol. The monoisotopic (exact) mass is 418 g/mol. The van der Waals surface area contributed by atoms with Crippen LogP contribution in [0.3, 0.4) is 0 Å². The molecule has 2 aromatic rings. The Hall–Kier alpha value is -2.61. The number of carbonyl (C=O) groups is 2. The lowest BCUT2D eigenvalue weighted by molar-refractivity contribution is 0.0946. The van der Waals surface area contributed by atoms with Gasteiger partial charge in [0.2, 0.25) is 0 Å². The van der Waals surface area contributed by atoms with E-state index in [4.69, 9.17) is 10.5 Å². The number of benzene rings is 2. The van der Waals surface area contributed by atoms with Crippen LogP contribution in [0.2, 0.25) is 0 Å². The molecular formula is C21H27ClN4O3. The van der Waals surface area contributed by atoms with Crippen molar-refractivity contribution in [2.45, 2.75) is 0 Å². The number of primary amides is 1. The van der Waals surface area contributed by atoms with Crippen molar-refractivity contribution >= 4 is 24.2 Å². The van der Waals surface area contributed by atoms with Crippen LogP contribution in [0.25, 0.3) is 11.1 Å². The average Bonchev–Trinajstić information content (AvgIpc) is 2.74. The Morgan fingerprint density at radius 1 is 1.10 bits per heavy atom. The van der Waals surface area contributed by atoms with E-state index in [0.29, 0.717) is 23.4 Å². The zero-order valence-electron chi connectivity index (χ0n) is 16.4. The van der Waals surface area contributed by atoms with Gasteiger partial charge in [-0.3, -0.25) is 14.5 Å². The molecule has 156 valence electrons. The maximum atomic E-state index is 12.3. The van der Waals surface area contributed by atoms with E-state index in [2.05, 4.69) is 15.5 Å². The molecule has 0 aromatic heterocycles. The first-order valence-corrected chi connectivity index (χ1v) is 9.38. The van der Waals surface area contributed by atoms with Crippen LogP contribution in [0.5, 0.6) is 5.75 Å². The molecule has 7 nitrogen and oxygen atoms in total. The molecule has 0 aliphatic carbocycles. The van der Waals surface area contributed by atoms with Gasteiger partial charge in [-0.2, -0.15) is 0 Å². The smallest absolute Gasteiger partial charge is 0.252 e. The second kappa shape index (κ2) is 10.8. The molecule has 1 heterocycles. The Morgan fingerprint density at radius 2 is 1.76 bits per heavy atom. The number of nitrogens with one attached hydrogen (secondary N) is 2. The number of hydrogen-bond donors (Lipinski definition) is 3. The Morgan fingerprint density at radius 3 is 2.38 bits per heavy atom. The van der Waals surface area contributed by atoms with E-state index in [0.717, 1.165) is 43.9 Å². The van der Waals surface area contributed by atoms with Gasteiger partial charge in [-0.25, -0.2) is 0 Å². The van der Waals surface area contributed by atoms with Gasteiger partial charge in [0, 0.05) is 44.8 Å². The van der Waals surface area contributed by atoms with E-state index < -0.39 is 5.91 Å². The summed E-state index contributed by atoms with van der Waals surface area (Å²) in [7, 11) is 1.50. The summed E-state index contributed by atoms with van der Waals surface area (Å²) < 4.78 is 5.17. The lowest BCUT2D eigenvalue weighted by atomic mass is 10.0. The van der Waals surface area contributed by atoms with Crippen LogP contribution < -0.4 is 21.1 Å². The highest BCUT2D eigenvalue weighted by atomic mass is 35.5. The molecule has 0 radical (unpaired) electrons. The van der Waals surface area contributed by atoms with Gasteiger partial charge in [-0.05, 0) is 35.4 Å². The second-order valence-corrected chi connectivity index (χ2v) is 6.70. The topological polar surface area (TPSA) is 96.7 Å². The zero-order valence-corrected chi connectivity index (χ0v) is 17.3. The fourth-order valence-electron chi connectivity index (χ4n) is 3.26. The first kappa shape index (κ1) is 22.7. The highest BCUT2D eigenvalue weighted by Gasteiger charge is 2.12. The zero-order chi connectivity index (χ0) is 19.9. The molecule has 0 unspecified atom stereocenters. The number of piperazine rings is 1. The second-order valence-electron chi connectivity index (χ2n) is 6.70. The van der Waals surface area contributed by atoms with E-state index in [1.54, 1.807) is 24.3 Å². The minimum absolute atomic E-state index is 0. The SMILES string of the molecule is COc1ccc(-c2ccc(C(=O)NCCN3CCNCC3)cc2)cc1C(N)=O.Cl. The Balaban J connectivity index is 0.00000300. The number of amides is 2. The molecule has 0 spiro atoms. The maximum absolute atomic E-state index is 12.3. The summed E-state index contributed by atoms with van der Waals surface area (Å²) >= 11 is 0. The first-order chi connectivity index (χ1) is 13.6. The van der Waals surface area contributed by atoms with Gasteiger partial charge in [0.25, 0.3) is 11.8 Å². The van der Waals surface area contributed by atoms with Crippen molar-refractivity contribution in [3.8, 4) is 16.9 Å². The van der Waals surface area contributed by atoms with E-state index in [-0.39, 0.29) is 18.3 Å². The highest BCUT2D eigenvalue weighted by molar-refractivity contribution is 5.97. The van der Waals surface area contributed by atoms with Gasteiger partial charge in [0.05, 0.1) is 12.7 Å². The number of ether oxygens (including phenoxy) is 1. The third-order valence-electron chi connectivity index (χ3n) is 4.87. The maximum Gasteiger partial charge on any atom is 0.252 e. The van der Waals surface area contributed by atoms with Gasteiger partial charge in [0.1, 0.15) is 5.75 Å². The standard InChI is InChI=1S/C21H26N4O3.ClH/c1-28-19-7-6-17(14-18(19)20(22)26)15-2-4-16(5-3-15)21(27)24-10-13-25-11-8-23-9-12-25;/h2-7,14,23H,8-13H2,1H3,(H2,22,26)(H,24,27);1H. The van der Waals surface area contributed by atoms with Crippen LogP contribution in [-0.4, -0.2) is 63.1 Å². The van der Waals surface area contributed by atoms with E-state index in [1.807, 2.05) is 18.2 Å². The summed E-state index contributed by atoms with van der Waals surface area (Å²) in [5.74, 6) is -0.190. The molecule has 3 rings (SSSR count). The number of carbonyl (C=O) groups excluding carboxylic acids is 2. The number of rotatable bonds is 7. The predicted molar refractivity (Wildman–Crippen MR) is 116 cm³/mol. The summed E-state index contributed by atoms with van der Waals surface area (Å²) in [6.07, 6.45) is 0.